The van der Waals surface area contributed by atoms with Gasteiger partial charge in [0, 0.05) is 54.5 Å². The zero-order valence-corrected chi connectivity index (χ0v) is 44.3. The van der Waals surface area contributed by atoms with Crippen LogP contribution in [0.15, 0.2) is 142 Å². The molecule has 0 bridgehead atoms. The number of aromatic nitrogens is 2. The summed E-state index contributed by atoms with van der Waals surface area (Å²) < 4.78 is 18.1. The molecule has 4 aromatic heterocycles. The number of rotatable bonds is 2. The maximum absolute atomic E-state index is 11.1. The van der Waals surface area contributed by atoms with E-state index in [1.54, 1.807) is 0 Å². The standard InChI is InChI=1S/C68H58N4O2/c1-65(2,3)41-15-21-55-47(31-41)48-32-42(66(4,5)6)16-22-56(48)71(55)45-19-13-37-27-51-59(29-39(37)25-45)73-63-54(36-70)64-62(53(35-69)61(51)63)52-28-38-14-20-46(26-40(38)30-60(52)74-64)72-57-23-17-43(67(7,8)9)33-49(57)50-34-44(68(10,11)12)18-24-58(50)72/h13-34H,1-12H3. The fourth-order valence-corrected chi connectivity index (χ4v) is 11.7. The summed E-state index contributed by atoms with van der Waals surface area (Å²) in [4.78, 5) is 0. The number of hydrogen-bond acceptors (Lipinski definition) is 4. The third kappa shape index (κ3) is 6.67. The molecule has 0 atom stereocenters. The lowest BCUT2D eigenvalue weighted by molar-refractivity contribution is 0.590. The van der Waals surface area contributed by atoms with Gasteiger partial charge < -0.3 is 18.0 Å². The average molecular weight is 963 g/mol. The van der Waals surface area contributed by atoms with Crippen molar-refractivity contribution in [1.82, 2.24) is 9.13 Å². The predicted octanol–water partition coefficient (Wildman–Crippen LogP) is 18.9. The molecular formula is C68H58N4O2. The molecule has 9 aromatic carbocycles. The topological polar surface area (TPSA) is 83.7 Å². The molecule has 6 heteroatoms. The molecular weight excluding hydrogens is 905 g/mol. The van der Waals surface area contributed by atoms with Crippen LogP contribution < -0.4 is 0 Å². The molecule has 0 radical (unpaired) electrons. The maximum Gasteiger partial charge on any atom is 0.158 e. The van der Waals surface area contributed by atoms with Crippen LogP contribution in [0.3, 0.4) is 0 Å². The summed E-state index contributed by atoms with van der Waals surface area (Å²) in [7, 11) is 0. The van der Waals surface area contributed by atoms with E-state index >= 15 is 0 Å². The van der Waals surface area contributed by atoms with E-state index < -0.39 is 0 Å². The summed E-state index contributed by atoms with van der Waals surface area (Å²) in [6.07, 6.45) is 0. The summed E-state index contributed by atoms with van der Waals surface area (Å²) >= 11 is 0. The highest BCUT2D eigenvalue weighted by atomic mass is 16.3. The van der Waals surface area contributed by atoms with E-state index in [-0.39, 0.29) is 27.2 Å². The normalized spacial score (nSPS) is 13.1. The Morgan fingerprint density at radius 2 is 0.662 bits per heavy atom. The molecule has 4 heterocycles. The van der Waals surface area contributed by atoms with Crippen LogP contribution in [0.5, 0.6) is 0 Å². The van der Waals surface area contributed by atoms with E-state index in [4.69, 9.17) is 8.83 Å². The third-order valence-electron chi connectivity index (χ3n) is 15.9. The van der Waals surface area contributed by atoms with Gasteiger partial charge in [0.05, 0.1) is 27.6 Å². The van der Waals surface area contributed by atoms with Gasteiger partial charge in [0.25, 0.3) is 0 Å². The summed E-state index contributed by atoms with van der Waals surface area (Å²) in [6.45, 7) is 27.2. The minimum absolute atomic E-state index is 0.00166. The molecule has 6 nitrogen and oxygen atoms in total. The first-order valence-electron chi connectivity index (χ1n) is 25.8. The predicted molar refractivity (Wildman–Crippen MR) is 309 cm³/mol. The Morgan fingerprint density at radius 1 is 0.338 bits per heavy atom. The second-order valence-electron chi connectivity index (χ2n) is 24.9. The Morgan fingerprint density at radius 3 is 0.959 bits per heavy atom. The minimum atomic E-state index is 0.00166. The maximum atomic E-state index is 11.1. The SMILES string of the molecule is CC(C)(C)c1ccc2c(c1)c1cc(C(C)(C)C)ccc1n2-c1ccc2cc3c(cc2c1)oc1c(C#N)c2oc4cc5cc(-n6c7ccc(C(C)(C)C)cc7c7cc(C(C)(C)C)ccc76)ccc5cc4c2c(C#N)c13. The minimum Gasteiger partial charge on any atom is -0.454 e. The van der Waals surface area contributed by atoms with Crippen molar-refractivity contribution in [2.45, 2.75) is 105 Å². The molecule has 0 unspecified atom stereocenters. The first-order valence-corrected chi connectivity index (χ1v) is 25.8. The van der Waals surface area contributed by atoms with Gasteiger partial charge >= 0.3 is 0 Å². The summed E-state index contributed by atoms with van der Waals surface area (Å²) in [6, 6.07) is 54.0. The number of furan rings is 2. The van der Waals surface area contributed by atoms with Crippen molar-refractivity contribution in [1.29, 1.82) is 10.5 Å². The van der Waals surface area contributed by atoms with Gasteiger partial charge in [-0.25, -0.2) is 0 Å². The van der Waals surface area contributed by atoms with Crippen molar-refractivity contribution in [3.63, 3.8) is 0 Å². The molecule has 13 rings (SSSR count). The van der Waals surface area contributed by atoms with Crippen molar-refractivity contribution in [2.75, 3.05) is 0 Å². The number of nitriles is 2. The van der Waals surface area contributed by atoms with E-state index in [1.807, 2.05) is 0 Å². The molecule has 0 fully saturated rings. The Hall–Kier alpha value is -8.32. The Labute approximate surface area is 430 Å². The largest absolute Gasteiger partial charge is 0.454 e. The molecule has 0 amide bonds. The number of nitrogens with zero attached hydrogens (tertiary/aromatic N) is 4. The van der Waals surface area contributed by atoms with E-state index in [0.29, 0.717) is 38.7 Å². The van der Waals surface area contributed by atoms with Gasteiger partial charge in [-0.1, -0.05) is 119 Å². The van der Waals surface area contributed by atoms with Crippen molar-refractivity contribution in [3.05, 3.63) is 167 Å². The first-order chi connectivity index (χ1) is 35.1. The van der Waals surface area contributed by atoms with Gasteiger partial charge in [-0.3, -0.25) is 0 Å². The Bertz CT molecular complexity index is 4290. The highest BCUT2D eigenvalue weighted by molar-refractivity contribution is 6.24. The van der Waals surface area contributed by atoms with Gasteiger partial charge in [-0.05, 0) is 163 Å². The second-order valence-corrected chi connectivity index (χ2v) is 24.9. The van der Waals surface area contributed by atoms with E-state index in [2.05, 4.69) is 238 Å². The molecule has 74 heavy (non-hydrogen) atoms. The third-order valence-corrected chi connectivity index (χ3v) is 15.9. The Kier molecular flexibility index (Phi) is 9.31. The highest BCUT2D eigenvalue weighted by Gasteiger charge is 2.28. The van der Waals surface area contributed by atoms with Crippen LogP contribution in [0.4, 0.5) is 0 Å². The molecule has 0 aliphatic rings. The number of fused-ring (bicyclic) bond motifs is 14. The van der Waals surface area contributed by atoms with Crippen molar-refractivity contribution < 1.29 is 8.83 Å². The zero-order valence-electron chi connectivity index (χ0n) is 44.3. The first kappa shape index (κ1) is 45.5. The second kappa shape index (κ2) is 15.1. The van der Waals surface area contributed by atoms with Crippen molar-refractivity contribution in [3.8, 4) is 23.5 Å². The molecule has 0 aliphatic heterocycles. The molecule has 0 aliphatic carbocycles. The van der Waals surface area contributed by atoms with Gasteiger partial charge in [0.1, 0.15) is 28.9 Å². The lowest BCUT2D eigenvalue weighted by atomic mass is 9.85. The fourth-order valence-electron chi connectivity index (χ4n) is 11.7. The van der Waals surface area contributed by atoms with Crippen LogP contribution in [-0.2, 0) is 21.7 Å². The number of benzene rings is 9. The highest BCUT2D eigenvalue weighted by Crippen LogP contribution is 2.46. The summed E-state index contributed by atoms with van der Waals surface area (Å²) in [5, 5.41) is 33.8. The molecule has 13 aromatic rings. The van der Waals surface area contributed by atoms with Gasteiger partial charge in [-0.15, -0.1) is 0 Å². The van der Waals surface area contributed by atoms with E-state index in [0.717, 1.165) is 65.8 Å². The molecule has 0 saturated heterocycles. The molecule has 0 N–H and O–H groups in total. The van der Waals surface area contributed by atoms with Crippen LogP contribution in [0, 0.1) is 22.7 Å². The Balaban J connectivity index is 0.968. The van der Waals surface area contributed by atoms with E-state index in [9.17, 15) is 10.5 Å². The summed E-state index contributed by atoms with van der Waals surface area (Å²) in [5.74, 6) is 0. The lowest BCUT2D eigenvalue weighted by Crippen LogP contribution is -2.10. The van der Waals surface area contributed by atoms with Crippen LogP contribution >= 0.6 is 0 Å². The van der Waals surface area contributed by atoms with Crippen molar-refractivity contribution in [2.24, 2.45) is 0 Å². The average Bonchev–Trinajstić information content (AvgIpc) is 4.11. The van der Waals surface area contributed by atoms with Crippen molar-refractivity contribution >= 4 is 109 Å². The smallest absolute Gasteiger partial charge is 0.158 e. The lowest BCUT2D eigenvalue weighted by Gasteiger charge is -2.19. The molecule has 362 valence electrons. The van der Waals surface area contributed by atoms with Crippen LogP contribution in [0.2, 0.25) is 0 Å². The fraction of sp³-hybridized carbons (Fsp3) is 0.235. The van der Waals surface area contributed by atoms with Crippen LogP contribution in [0.25, 0.3) is 120 Å². The van der Waals surface area contributed by atoms with Crippen LogP contribution in [0.1, 0.15) is 116 Å². The van der Waals surface area contributed by atoms with E-state index in [1.165, 1.54) is 43.8 Å². The monoisotopic (exact) mass is 962 g/mol. The van der Waals surface area contributed by atoms with Gasteiger partial charge in [0.15, 0.2) is 11.2 Å². The van der Waals surface area contributed by atoms with Crippen LogP contribution in [-0.4, -0.2) is 9.13 Å². The van der Waals surface area contributed by atoms with Gasteiger partial charge in [0.2, 0.25) is 0 Å². The number of hydrogen-bond donors (Lipinski definition) is 0. The quantitative estimate of drug-likeness (QED) is 0.173. The van der Waals surface area contributed by atoms with Gasteiger partial charge in [-0.2, -0.15) is 10.5 Å². The molecule has 0 spiro atoms. The molecule has 0 saturated carbocycles. The summed E-state index contributed by atoms with van der Waals surface area (Å²) in [5.41, 5.74) is 14.5. The zero-order chi connectivity index (χ0) is 51.7.